The Bertz CT molecular complexity index is 216. The summed E-state index contributed by atoms with van der Waals surface area (Å²) in [4.78, 5) is 13.2. The highest BCUT2D eigenvalue weighted by molar-refractivity contribution is 7.99. The van der Waals surface area contributed by atoms with Gasteiger partial charge in [0.05, 0.1) is 5.92 Å². The summed E-state index contributed by atoms with van der Waals surface area (Å²) in [7, 11) is 0. The SMILES string of the molecule is O=C(O)[C@H]1CCN(C2CCSCC2)C1. The minimum atomic E-state index is -0.613. The zero-order valence-electron chi connectivity index (χ0n) is 8.32. The second-order valence-corrected chi connectivity index (χ2v) is 5.39. The average Bonchev–Trinajstić information content (AvgIpc) is 2.68. The van der Waals surface area contributed by atoms with Gasteiger partial charge in [0.15, 0.2) is 0 Å². The molecule has 0 radical (unpaired) electrons. The van der Waals surface area contributed by atoms with Crippen LogP contribution in [0.15, 0.2) is 0 Å². The van der Waals surface area contributed by atoms with Gasteiger partial charge < -0.3 is 5.11 Å². The Morgan fingerprint density at radius 3 is 2.57 bits per heavy atom. The normalized spacial score (nSPS) is 30.7. The van der Waals surface area contributed by atoms with E-state index in [1.807, 2.05) is 11.8 Å². The Morgan fingerprint density at radius 2 is 2.00 bits per heavy atom. The first-order chi connectivity index (χ1) is 6.77. The Morgan fingerprint density at radius 1 is 1.29 bits per heavy atom. The largest absolute Gasteiger partial charge is 0.481 e. The Hall–Kier alpha value is -0.220. The number of likely N-dealkylation sites (tertiary alicyclic amines) is 1. The van der Waals surface area contributed by atoms with Gasteiger partial charge in [0.1, 0.15) is 0 Å². The lowest BCUT2D eigenvalue weighted by atomic mass is 10.1. The summed E-state index contributed by atoms with van der Waals surface area (Å²) in [6, 6.07) is 0.667. The molecule has 3 nitrogen and oxygen atoms in total. The maximum Gasteiger partial charge on any atom is 0.307 e. The van der Waals surface area contributed by atoms with Crippen LogP contribution in [0.25, 0.3) is 0 Å². The van der Waals surface area contributed by atoms with E-state index >= 15 is 0 Å². The van der Waals surface area contributed by atoms with Gasteiger partial charge in [-0.1, -0.05) is 0 Å². The highest BCUT2D eigenvalue weighted by Gasteiger charge is 2.32. The molecule has 14 heavy (non-hydrogen) atoms. The van der Waals surface area contributed by atoms with E-state index in [-0.39, 0.29) is 5.92 Å². The first kappa shape index (κ1) is 10.3. The molecule has 0 amide bonds. The van der Waals surface area contributed by atoms with Crippen molar-refractivity contribution in [2.24, 2.45) is 5.92 Å². The van der Waals surface area contributed by atoms with Gasteiger partial charge in [-0.15, -0.1) is 0 Å². The smallest absolute Gasteiger partial charge is 0.307 e. The summed E-state index contributed by atoms with van der Waals surface area (Å²) < 4.78 is 0. The van der Waals surface area contributed by atoms with Gasteiger partial charge in [0.2, 0.25) is 0 Å². The van der Waals surface area contributed by atoms with E-state index in [1.165, 1.54) is 24.3 Å². The van der Waals surface area contributed by atoms with Crippen LogP contribution in [0.4, 0.5) is 0 Å². The molecule has 2 fully saturated rings. The first-order valence-electron chi connectivity index (χ1n) is 5.32. The molecule has 2 aliphatic rings. The molecule has 80 valence electrons. The van der Waals surface area contributed by atoms with Crippen molar-refractivity contribution < 1.29 is 9.90 Å². The van der Waals surface area contributed by atoms with Gasteiger partial charge in [-0.3, -0.25) is 9.69 Å². The van der Waals surface area contributed by atoms with E-state index in [9.17, 15) is 4.79 Å². The number of hydrogen-bond donors (Lipinski definition) is 1. The molecule has 2 saturated heterocycles. The molecule has 0 spiro atoms. The molecular formula is C10H17NO2S. The van der Waals surface area contributed by atoms with E-state index in [0.717, 1.165) is 19.5 Å². The predicted molar refractivity (Wildman–Crippen MR) is 57.7 cm³/mol. The molecule has 0 aromatic carbocycles. The summed E-state index contributed by atoms with van der Waals surface area (Å²) in [5.41, 5.74) is 0. The monoisotopic (exact) mass is 215 g/mol. The molecular weight excluding hydrogens is 198 g/mol. The molecule has 0 aromatic rings. The number of carbonyl (C=O) groups is 1. The molecule has 0 unspecified atom stereocenters. The van der Waals surface area contributed by atoms with Gasteiger partial charge in [-0.2, -0.15) is 11.8 Å². The van der Waals surface area contributed by atoms with E-state index in [4.69, 9.17) is 5.11 Å². The third kappa shape index (κ3) is 2.23. The fraction of sp³-hybridized carbons (Fsp3) is 0.900. The van der Waals surface area contributed by atoms with E-state index < -0.39 is 5.97 Å². The third-order valence-corrected chi connectivity index (χ3v) is 4.32. The van der Waals surface area contributed by atoms with Crippen molar-refractivity contribution in [2.75, 3.05) is 24.6 Å². The van der Waals surface area contributed by atoms with Gasteiger partial charge in [0.25, 0.3) is 0 Å². The second-order valence-electron chi connectivity index (χ2n) is 4.16. The molecule has 1 N–H and O–H groups in total. The summed E-state index contributed by atoms with van der Waals surface area (Å²) in [6.07, 6.45) is 3.34. The highest BCUT2D eigenvalue weighted by atomic mass is 32.2. The number of carboxylic acids is 1. The maximum atomic E-state index is 10.8. The molecule has 1 atom stereocenters. The van der Waals surface area contributed by atoms with Crippen LogP contribution in [0.5, 0.6) is 0 Å². The van der Waals surface area contributed by atoms with Crippen molar-refractivity contribution in [1.82, 2.24) is 4.90 Å². The molecule has 0 aromatic heterocycles. The molecule has 0 saturated carbocycles. The van der Waals surface area contributed by atoms with Crippen LogP contribution in [0.3, 0.4) is 0 Å². The molecule has 0 bridgehead atoms. The van der Waals surface area contributed by atoms with Gasteiger partial charge in [-0.25, -0.2) is 0 Å². The van der Waals surface area contributed by atoms with Crippen LogP contribution in [0.2, 0.25) is 0 Å². The first-order valence-corrected chi connectivity index (χ1v) is 6.47. The Labute approximate surface area is 88.9 Å². The number of nitrogens with zero attached hydrogens (tertiary/aromatic N) is 1. The van der Waals surface area contributed by atoms with E-state index in [1.54, 1.807) is 0 Å². The van der Waals surface area contributed by atoms with Crippen molar-refractivity contribution in [3.63, 3.8) is 0 Å². The Balaban J connectivity index is 1.85. The topological polar surface area (TPSA) is 40.5 Å². The lowest BCUT2D eigenvalue weighted by Crippen LogP contribution is -2.36. The summed E-state index contributed by atoms with van der Waals surface area (Å²) >= 11 is 2.02. The van der Waals surface area contributed by atoms with E-state index in [0.29, 0.717) is 6.04 Å². The van der Waals surface area contributed by atoms with Crippen LogP contribution in [0, 0.1) is 5.92 Å². The minimum absolute atomic E-state index is 0.107. The van der Waals surface area contributed by atoms with Crippen molar-refractivity contribution in [1.29, 1.82) is 0 Å². The average molecular weight is 215 g/mol. The Kier molecular flexibility index (Phi) is 3.34. The summed E-state index contributed by atoms with van der Waals surface area (Å²) in [5, 5.41) is 8.90. The standard InChI is InChI=1S/C10H17NO2S/c12-10(13)8-1-4-11(7-8)9-2-5-14-6-3-9/h8-9H,1-7H2,(H,12,13)/t8-/m0/s1. The number of rotatable bonds is 2. The van der Waals surface area contributed by atoms with E-state index in [2.05, 4.69) is 4.90 Å². The van der Waals surface area contributed by atoms with Crippen LogP contribution in [-0.2, 0) is 4.79 Å². The number of carboxylic acid groups (broad SMARTS) is 1. The predicted octanol–water partition coefficient (Wildman–Crippen LogP) is 1.29. The number of hydrogen-bond acceptors (Lipinski definition) is 3. The minimum Gasteiger partial charge on any atom is -0.481 e. The zero-order chi connectivity index (χ0) is 9.97. The van der Waals surface area contributed by atoms with Crippen molar-refractivity contribution >= 4 is 17.7 Å². The lowest BCUT2D eigenvalue weighted by Gasteiger charge is -2.30. The van der Waals surface area contributed by atoms with Gasteiger partial charge in [0, 0.05) is 12.6 Å². The molecule has 4 heteroatoms. The highest BCUT2D eigenvalue weighted by Crippen LogP contribution is 2.26. The second kappa shape index (κ2) is 4.53. The van der Waals surface area contributed by atoms with Crippen molar-refractivity contribution in [3.8, 4) is 0 Å². The van der Waals surface area contributed by atoms with Crippen molar-refractivity contribution in [3.05, 3.63) is 0 Å². The summed E-state index contributed by atoms with van der Waals surface area (Å²) in [5.74, 6) is 1.78. The van der Waals surface area contributed by atoms with Gasteiger partial charge >= 0.3 is 5.97 Å². The number of thioether (sulfide) groups is 1. The van der Waals surface area contributed by atoms with Crippen LogP contribution in [0.1, 0.15) is 19.3 Å². The fourth-order valence-electron chi connectivity index (χ4n) is 2.37. The summed E-state index contributed by atoms with van der Waals surface area (Å²) in [6.45, 7) is 1.77. The molecule has 2 rings (SSSR count). The van der Waals surface area contributed by atoms with Crippen LogP contribution >= 0.6 is 11.8 Å². The van der Waals surface area contributed by atoms with Crippen LogP contribution < -0.4 is 0 Å². The maximum absolute atomic E-state index is 10.8. The lowest BCUT2D eigenvalue weighted by molar-refractivity contribution is -0.141. The number of aliphatic carboxylic acids is 1. The fourth-order valence-corrected chi connectivity index (χ4v) is 3.45. The quantitative estimate of drug-likeness (QED) is 0.753. The molecule has 0 aliphatic carbocycles. The molecule has 2 heterocycles. The molecule has 2 aliphatic heterocycles. The third-order valence-electron chi connectivity index (χ3n) is 3.28. The van der Waals surface area contributed by atoms with Gasteiger partial charge in [-0.05, 0) is 37.3 Å². The van der Waals surface area contributed by atoms with Crippen molar-refractivity contribution in [2.45, 2.75) is 25.3 Å². The zero-order valence-corrected chi connectivity index (χ0v) is 9.13. The van der Waals surface area contributed by atoms with Crippen LogP contribution in [-0.4, -0.2) is 46.6 Å².